The van der Waals surface area contributed by atoms with Crippen molar-refractivity contribution >= 4 is 5.91 Å². The van der Waals surface area contributed by atoms with E-state index >= 15 is 0 Å². The van der Waals surface area contributed by atoms with Crippen LogP contribution in [0.5, 0.6) is 0 Å². The van der Waals surface area contributed by atoms with Crippen LogP contribution in [0.1, 0.15) is 24.9 Å². The van der Waals surface area contributed by atoms with Gasteiger partial charge >= 0.3 is 0 Å². The van der Waals surface area contributed by atoms with Gasteiger partial charge in [-0.3, -0.25) is 4.79 Å². The van der Waals surface area contributed by atoms with Gasteiger partial charge in [0.25, 0.3) is 0 Å². The first-order valence-corrected chi connectivity index (χ1v) is 5.23. The SMILES string of the molecule is CNC(=O)CCN[C@@H](C)c1ccccc1. The van der Waals surface area contributed by atoms with Crippen molar-refractivity contribution in [2.45, 2.75) is 19.4 Å². The molecular weight excluding hydrogens is 188 g/mol. The van der Waals surface area contributed by atoms with Gasteiger partial charge in [0.15, 0.2) is 0 Å². The molecule has 0 aliphatic carbocycles. The van der Waals surface area contributed by atoms with Crippen LogP contribution in [0.25, 0.3) is 0 Å². The molecule has 0 unspecified atom stereocenters. The quantitative estimate of drug-likeness (QED) is 0.766. The summed E-state index contributed by atoms with van der Waals surface area (Å²) in [5, 5.41) is 5.90. The lowest BCUT2D eigenvalue weighted by atomic mass is 10.1. The first kappa shape index (κ1) is 11.7. The number of rotatable bonds is 5. The van der Waals surface area contributed by atoms with Crippen molar-refractivity contribution in [1.29, 1.82) is 0 Å². The van der Waals surface area contributed by atoms with Crippen LogP contribution >= 0.6 is 0 Å². The molecule has 15 heavy (non-hydrogen) atoms. The third-order valence-electron chi connectivity index (χ3n) is 2.38. The Labute approximate surface area is 90.9 Å². The molecule has 0 aliphatic heterocycles. The molecule has 0 aliphatic rings. The van der Waals surface area contributed by atoms with Gasteiger partial charge in [0, 0.05) is 26.1 Å². The first-order valence-electron chi connectivity index (χ1n) is 5.23. The van der Waals surface area contributed by atoms with Crippen LogP contribution in [-0.4, -0.2) is 19.5 Å². The van der Waals surface area contributed by atoms with E-state index in [1.807, 2.05) is 18.2 Å². The summed E-state index contributed by atoms with van der Waals surface area (Å²) in [6.45, 7) is 2.80. The summed E-state index contributed by atoms with van der Waals surface area (Å²) in [4.78, 5) is 11.0. The van der Waals surface area contributed by atoms with Crippen molar-refractivity contribution in [3.63, 3.8) is 0 Å². The highest BCUT2D eigenvalue weighted by Crippen LogP contribution is 2.10. The van der Waals surface area contributed by atoms with Gasteiger partial charge < -0.3 is 10.6 Å². The lowest BCUT2D eigenvalue weighted by Gasteiger charge is -2.13. The highest BCUT2D eigenvalue weighted by Gasteiger charge is 2.04. The number of benzene rings is 1. The molecule has 82 valence electrons. The molecule has 0 fully saturated rings. The van der Waals surface area contributed by atoms with E-state index in [1.54, 1.807) is 7.05 Å². The second-order valence-electron chi connectivity index (χ2n) is 3.51. The van der Waals surface area contributed by atoms with Crippen LogP contribution < -0.4 is 10.6 Å². The van der Waals surface area contributed by atoms with Crippen LogP contribution in [0, 0.1) is 0 Å². The summed E-state index contributed by atoms with van der Waals surface area (Å²) in [7, 11) is 1.66. The summed E-state index contributed by atoms with van der Waals surface area (Å²) in [6.07, 6.45) is 0.522. The Morgan fingerprint density at radius 2 is 2.00 bits per heavy atom. The Morgan fingerprint density at radius 1 is 1.33 bits per heavy atom. The maximum atomic E-state index is 11.0. The van der Waals surface area contributed by atoms with Crippen LogP contribution in [0.3, 0.4) is 0 Å². The lowest BCUT2D eigenvalue weighted by molar-refractivity contribution is -0.120. The molecular formula is C12H18N2O. The first-order chi connectivity index (χ1) is 7.24. The van der Waals surface area contributed by atoms with Gasteiger partial charge in [0.1, 0.15) is 0 Å². The maximum Gasteiger partial charge on any atom is 0.221 e. The fourth-order valence-electron chi connectivity index (χ4n) is 1.39. The average molecular weight is 206 g/mol. The molecule has 1 rings (SSSR count). The van der Waals surface area contributed by atoms with E-state index in [9.17, 15) is 4.79 Å². The summed E-state index contributed by atoms with van der Waals surface area (Å²) < 4.78 is 0. The number of amides is 1. The van der Waals surface area contributed by atoms with Crippen molar-refractivity contribution in [1.82, 2.24) is 10.6 Å². The number of nitrogens with one attached hydrogen (secondary N) is 2. The Bertz CT molecular complexity index is 298. The van der Waals surface area contributed by atoms with Gasteiger partial charge in [0.05, 0.1) is 0 Å². The summed E-state index contributed by atoms with van der Waals surface area (Å²) in [5.41, 5.74) is 1.24. The molecule has 2 N–H and O–H groups in total. The summed E-state index contributed by atoms with van der Waals surface area (Å²) in [6, 6.07) is 10.5. The van der Waals surface area contributed by atoms with Gasteiger partial charge in [0.2, 0.25) is 5.91 Å². The Balaban J connectivity index is 2.31. The normalized spacial score (nSPS) is 12.1. The third kappa shape index (κ3) is 4.13. The van der Waals surface area contributed by atoms with E-state index in [2.05, 4.69) is 29.7 Å². The standard InChI is InChI=1S/C12H18N2O/c1-10(11-6-4-3-5-7-11)14-9-8-12(15)13-2/h3-7,10,14H,8-9H2,1-2H3,(H,13,15)/t10-/m0/s1. The molecule has 1 aromatic carbocycles. The zero-order valence-electron chi connectivity index (χ0n) is 9.29. The van der Waals surface area contributed by atoms with E-state index in [0.29, 0.717) is 13.0 Å². The maximum absolute atomic E-state index is 11.0. The average Bonchev–Trinajstić information content (AvgIpc) is 2.29. The molecule has 3 heteroatoms. The molecule has 0 bridgehead atoms. The minimum Gasteiger partial charge on any atom is -0.359 e. The monoisotopic (exact) mass is 206 g/mol. The molecule has 0 radical (unpaired) electrons. The van der Waals surface area contributed by atoms with Crippen LogP contribution in [0.2, 0.25) is 0 Å². The number of hydrogen-bond acceptors (Lipinski definition) is 2. The zero-order chi connectivity index (χ0) is 11.1. The molecule has 0 aromatic heterocycles. The van der Waals surface area contributed by atoms with Gasteiger partial charge in [-0.2, -0.15) is 0 Å². The van der Waals surface area contributed by atoms with Gasteiger partial charge in [-0.1, -0.05) is 30.3 Å². The fourth-order valence-corrected chi connectivity index (χ4v) is 1.39. The van der Waals surface area contributed by atoms with E-state index in [4.69, 9.17) is 0 Å². The van der Waals surface area contributed by atoms with E-state index in [1.165, 1.54) is 5.56 Å². The van der Waals surface area contributed by atoms with E-state index in [-0.39, 0.29) is 11.9 Å². The second kappa shape index (κ2) is 6.19. The summed E-state index contributed by atoms with van der Waals surface area (Å²) in [5.74, 6) is 0.0720. The van der Waals surface area contributed by atoms with Crippen LogP contribution in [-0.2, 0) is 4.79 Å². The van der Waals surface area contributed by atoms with E-state index in [0.717, 1.165) is 0 Å². The topological polar surface area (TPSA) is 41.1 Å². The van der Waals surface area contributed by atoms with Gasteiger partial charge in [-0.05, 0) is 12.5 Å². The smallest absolute Gasteiger partial charge is 0.221 e. The second-order valence-corrected chi connectivity index (χ2v) is 3.51. The fraction of sp³-hybridized carbons (Fsp3) is 0.417. The molecule has 0 spiro atoms. The molecule has 1 amide bonds. The predicted octanol–water partition coefficient (Wildman–Crippen LogP) is 1.47. The molecule has 0 saturated heterocycles. The zero-order valence-corrected chi connectivity index (χ0v) is 9.29. The number of carbonyl (C=O) groups excluding carboxylic acids is 1. The van der Waals surface area contributed by atoms with Gasteiger partial charge in [-0.25, -0.2) is 0 Å². The molecule has 0 heterocycles. The van der Waals surface area contributed by atoms with Crippen molar-refractivity contribution in [3.05, 3.63) is 35.9 Å². The van der Waals surface area contributed by atoms with Crippen molar-refractivity contribution in [2.75, 3.05) is 13.6 Å². The number of hydrogen-bond donors (Lipinski definition) is 2. The predicted molar refractivity (Wildman–Crippen MR) is 61.5 cm³/mol. The highest BCUT2D eigenvalue weighted by atomic mass is 16.1. The Morgan fingerprint density at radius 3 is 2.60 bits per heavy atom. The van der Waals surface area contributed by atoms with Crippen LogP contribution in [0.4, 0.5) is 0 Å². The van der Waals surface area contributed by atoms with Crippen LogP contribution in [0.15, 0.2) is 30.3 Å². The highest BCUT2D eigenvalue weighted by molar-refractivity contribution is 5.75. The third-order valence-corrected chi connectivity index (χ3v) is 2.38. The van der Waals surface area contributed by atoms with Crippen molar-refractivity contribution < 1.29 is 4.79 Å². The Kier molecular flexibility index (Phi) is 4.84. The summed E-state index contributed by atoms with van der Waals surface area (Å²) >= 11 is 0. The van der Waals surface area contributed by atoms with Gasteiger partial charge in [-0.15, -0.1) is 0 Å². The van der Waals surface area contributed by atoms with Crippen molar-refractivity contribution in [2.24, 2.45) is 0 Å². The molecule has 3 nitrogen and oxygen atoms in total. The molecule has 1 atom stereocenters. The van der Waals surface area contributed by atoms with E-state index < -0.39 is 0 Å². The largest absolute Gasteiger partial charge is 0.359 e. The minimum absolute atomic E-state index is 0.0720. The molecule has 1 aromatic rings. The Hall–Kier alpha value is -1.35. The molecule has 0 saturated carbocycles. The minimum atomic E-state index is 0.0720. The lowest BCUT2D eigenvalue weighted by Crippen LogP contribution is -2.26. The van der Waals surface area contributed by atoms with Crippen molar-refractivity contribution in [3.8, 4) is 0 Å². The number of carbonyl (C=O) groups is 1.